The normalized spacial score (nSPS) is 20.0. The first-order valence-corrected chi connectivity index (χ1v) is 10.9. The average molecular weight is 441 g/mol. The lowest BCUT2D eigenvalue weighted by Gasteiger charge is -2.43. The van der Waals surface area contributed by atoms with Crippen LogP contribution in [0.4, 0.5) is 23.7 Å². The van der Waals surface area contributed by atoms with E-state index in [0.717, 1.165) is 66.2 Å². The number of alkyl halides is 3. The lowest BCUT2D eigenvalue weighted by atomic mass is 9.74. The number of hydrogen-bond acceptors (Lipinski definition) is 3. The van der Waals surface area contributed by atoms with E-state index in [2.05, 4.69) is 6.92 Å². The molecule has 172 valence electrons. The fourth-order valence-corrected chi connectivity index (χ4v) is 4.16. The molecule has 2 rings (SSSR count). The summed E-state index contributed by atoms with van der Waals surface area (Å²) in [6.45, 7) is 3.99. The predicted octanol–water partition coefficient (Wildman–Crippen LogP) is 6.17. The summed E-state index contributed by atoms with van der Waals surface area (Å²) in [6, 6.07) is 3.03. The van der Waals surface area contributed by atoms with Crippen LogP contribution in [-0.2, 0) is 15.8 Å². The van der Waals surface area contributed by atoms with Crippen LogP contribution in [0.25, 0.3) is 0 Å². The number of unbranched alkanes of at least 4 members (excludes halogenated alkanes) is 5. The lowest BCUT2D eigenvalue weighted by molar-refractivity contribution is -0.150. The monoisotopic (exact) mass is 440 g/mol. The first-order valence-electron chi connectivity index (χ1n) is 10.9. The number of imide groups is 2. The van der Waals surface area contributed by atoms with Crippen molar-refractivity contribution in [1.29, 1.82) is 0 Å². The third-order valence-corrected chi connectivity index (χ3v) is 5.89. The number of amides is 4. The minimum atomic E-state index is -4.52. The van der Waals surface area contributed by atoms with Crippen LogP contribution in [0.2, 0.25) is 0 Å². The molecule has 8 heteroatoms. The number of urea groups is 1. The predicted molar refractivity (Wildman–Crippen MR) is 112 cm³/mol. The van der Waals surface area contributed by atoms with Crippen molar-refractivity contribution in [3.05, 3.63) is 29.8 Å². The molecule has 1 aliphatic rings. The Bertz CT molecular complexity index is 792. The van der Waals surface area contributed by atoms with Gasteiger partial charge in [-0.25, -0.2) is 9.69 Å². The van der Waals surface area contributed by atoms with Crippen LogP contribution >= 0.6 is 0 Å². The topological polar surface area (TPSA) is 57.7 Å². The van der Waals surface area contributed by atoms with Crippen LogP contribution < -0.4 is 4.90 Å². The number of halogens is 3. The minimum absolute atomic E-state index is 0.0331. The second kappa shape index (κ2) is 10.3. The van der Waals surface area contributed by atoms with Crippen molar-refractivity contribution in [1.82, 2.24) is 4.90 Å². The maximum Gasteiger partial charge on any atom is 0.416 e. The minimum Gasteiger partial charge on any atom is -0.273 e. The molecule has 5 nitrogen and oxygen atoms in total. The zero-order chi connectivity index (χ0) is 23.2. The van der Waals surface area contributed by atoms with Gasteiger partial charge in [0.2, 0.25) is 5.91 Å². The largest absolute Gasteiger partial charge is 0.416 e. The van der Waals surface area contributed by atoms with Crippen molar-refractivity contribution < 1.29 is 27.6 Å². The van der Waals surface area contributed by atoms with Crippen molar-refractivity contribution >= 4 is 23.5 Å². The molecule has 1 unspecified atom stereocenters. The van der Waals surface area contributed by atoms with Crippen molar-refractivity contribution in [3.8, 4) is 0 Å². The number of anilines is 1. The molecule has 1 atom stereocenters. The number of hydrogen-bond donors (Lipinski definition) is 0. The molecule has 1 heterocycles. The van der Waals surface area contributed by atoms with Gasteiger partial charge >= 0.3 is 12.2 Å². The van der Waals surface area contributed by atoms with Crippen LogP contribution in [0, 0.1) is 5.41 Å². The van der Waals surface area contributed by atoms with Gasteiger partial charge in [0.1, 0.15) is 5.41 Å². The number of carbonyl (C=O) groups is 3. The molecule has 1 saturated heterocycles. The Morgan fingerprint density at radius 2 is 1.39 bits per heavy atom. The van der Waals surface area contributed by atoms with Gasteiger partial charge in [-0.3, -0.25) is 14.5 Å². The molecule has 1 aromatic rings. The molecule has 1 aliphatic heterocycles. The van der Waals surface area contributed by atoms with Crippen molar-refractivity contribution in [2.24, 2.45) is 5.41 Å². The Labute approximate surface area is 181 Å². The SMILES string of the molecule is CCCCCCCCC1(CCC)C(=O)N(C)C(=O)N(c2ccc(C(F)(F)F)cc2)C1=O. The maximum absolute atomic E-state index is 13.5. The number of benzene rings is 1. The molecule has 0 spiro atoms. The van der Waals surface area contributed by atoms with E-state index in [1.807, 2.05) is 6.92 Å². The van der Waals surface area contributed by atoms with Crippen molar-refractivity contribution in [3.63, 3.8) is 0 Å². The van der Waals surface area contributed by atoms with E-state index in [0.29, 0.717) is 19.3 Å². The van der Waals surface area contributed by atoms with E-state index >= 15 is 0 Å². The van der Waals surface area contributed by atoms with Gasteiger partial charge in [0, 0.05) is 7.05 Å². The van der Waals surface area contributed by atoms with E-state index in [4.69, 9.17) is 0 Å². The molecule has 4 amide bonds. The quantitative estimate of drug-likeness (QED) is 0.323. The zero-order valence-electron chi connectivity index (χ0n) is 18.4. The van der Waals surface area contributed by atoms with Gasteiger partial charge < -0.3 is 0 Å². The summed E-state index contributed by atoms with van der Waals surface area (Å²) in [5.41, 5.74) is -2.21. The molecular formula is C23H31F3N2O3. The van der Waals surface area contributed by atoms with Crippen LogP contribution in [-0.4, -0.2) is 29.8 Å². The Morgan fingerprint density at radius 1 is 0.806 bits per heavy atom. The summed E-state index contributed by atoms with van der Waals surface area (Å²) in [5.74, 6) is -1.17. The van der Waals surface area contributed by atoms with Crippen molar-refractivity contribution in [2.45, 2.75) is 77.8 Å². The number of rotatable bonds is 10. The molecular weight excluding hydrogens is 409 g/mol. The first-order chi connectivity index (χ1) is 14.6. The zero-order valence-corrected chi connectivity index (χ0v) is 18.4. The number of barbiturate groups is 1. The number of carbonyl (C=O) groups excluding carboxylic acids is 3. The summed E-state index contributed by atoms with van der Waals surface area (Å²) >= 11 is 0. The highest BCUT2D eigenvalue weighted by atomic mass is 19.4. The van der Waals surface area contributed by atoms with Crippen LogP contribution in [0.1, 0.15) is 77.2 Å². The maximum atomic E-state index is 13.5. The van der Waals surface area contributed by atoms with E-state index in [9.17, 15) is 27.6 Å². The average Bonchev–Trinajstić information content (AvgIpc) is 2.73. The van der Waals surface area contributed by atoms with Gasteiger partial charge in [0.25, 0.3) is 5.91 Å². The second-order valence-corrected chi connectivity index (χ2v) is 8.18. The lowest BCUT2D eigenvalue weighted by Crippen LogP contribution is -2.64. The Balaban J connectivity index is 2.32. The Hall–Kier alpha value is -2.38. The summed E-state index contributed by atoms with van der Waals surface area (Å²) < 4.78 is 38.7. The van der Waals surface area contributed by atoms with E-state index < -0.39 is 35.0 Å². The van der Waals surface area contributed by atoms with Gasteiger partial charge in [-0.15, -0.1) is 0 Å². The molecule has 0 bridgehead atoms. The molecule has 31 heavy (non-hydrogen) atoms. The molecule has 0 aliphatic carbocycles. The van der Waals surface area contributed by atoms with Crippen LogP contribution in [0.3, 0.4) is 0 Å². The third-order valence-electron chi connectivity index (χ3n) is 5.89. The second-order valence-electron chi connectivity index (χ2n) is 8.18. The highest BCUT2D eigenvalue weighted by molar-refractivity contribution is 6.29. The molecule has 1 fully saturated rings. The Morgan fingerprint density at radius 3 is 1.94 bits per heavy atom. The summed E-state index contributed by atoms with van der Waals surface area (Å²) in [7, 11) is 1.32. The fourth-order valence-electron chi connectivity index (χ4n) is 4.16. The highest BCUT2D eigenvalue weighted by Crippen LogP contribution is 2.41. The highest BCUT2D eigenvalue weighted by Gasteiger charge is 2.55. The first kappa shape index (κ1) is 24.9. The van der Waals surface area contributed by atoms with Crippen LogP contribution in [0.15, 0.2) is 24.3 Å². The molecule has 0 saturated carbocycles. The van der Waals surface area contributed by atoms with E-state index in [1.54, 1.807) is 0 Å². The number of nitrogens with zero attached hydrogens (tertiary/aromatic N) is 2. The van der Waals surface area contributed by atoms with Gasteiger partial charge in [-0.2, -0.15) is 13.2 Å². The summed E-state index contributed by atoms with van der Waals surface area (Å²) in [5, 5.41) is 0. The molecule has 0 aromatic heterocycles. The molecule has 0 radical (unpaired) electrons. The molecule has 0 N–H and O–H groups in total. The summed E-state index contributed by atoms with van der Waals surface area (Å²) in [4.78, 5) is 41.1. The van der Waals surface area contributed by atoms with Crippen molar-refractivity contribution in [2.75, 3.05) is 11.9 Å². The fraction of sp³-hybridized carbons (Fsp3) is 0.609. The summed E-state index contributed by atoms with van der Waals surface area (Å²) in [6.07, 6.45) is 2.55. The van der Waals surface area contributed by atoms with E-state index in [1.165, 1.54) is 7.05 Å². The van der Waals surface area contributed by atoms with Gasteiger partial charge in [-0.1, -0.05) is 58.8 Å². The third kappa shape index (κ3) is 5.28. The van der Waals surface area contributed by atoms with Gasteiger partial charge in [0.05, 0.1) is 11.3 Å². The standard InChI is InChI=1S/C23H31F3N2O3/c1-4-6-7-8-9-10-16-22(15-5-2)19(29)27(3)21(31)28(20(22)30)18-13-11-17(12-14-18)23(24,25)26/h11-14H,4-10,15-16H2,1-3H3. The van der Waals surface area contributed by atoms with Gasteiger partial charge in [-0.05, 0) is 37.1 Å². The van der Waals surface area contributed by atoms with Crippen LogP contribution in [0.5, 0.6) is 0 Å². The smallest absolute Gasteiger partial charge is 0.273 e. The van der Waals surface area contributed by atoms with Gasteiger partial charge in [0.15, 0.2) is 0 Å². The van der Waals surface area contributed by atoms with E-state index in [-0.39, 0.29) is 12.1 Å². The Kier molecular flexibility index (Phi) is 8.26. The molecule has 1 aromatic carbocycles.